The Balaban J connectivity index is 1.66. The van der Waals surface area contributed by atoms with Gasteiger partial charge < -0.3 is 14.4 Å². The molecule has 1 aliphatic carbocycles. The molecule has 6 nitrogen and oxygen atoms in total. The van der Waals surface area contributed by atoms with Gasteiger partial charge in [0.15, 0.2) is 0 Å². The number of ether oxygens (including phenoxy) is 2. The highest BCUT2D eigenvalue weighted by Crippen LogP contribution is 2.41. The van der Waals surface area contributed by atoms with Gasteiger partial charge in [-0.1, -0.05) is 12.1 Å². The van der Waals surface area contributed by atoms with Crippen LogP contribution >= 0.6 is 0 Å². The fourth-order valence-electron chi connectivity index (χ4n) is 3.38. The highest BCUT2D eigenvalue weighted by Gasteiger charge is 2.60. The Kier molecular flexibility index (Phi) is 7.48. The molecule has 3 rings (SSSR count). The number of nitrogens with zero attached hydrogens (tertiary/aromatic N) is 2. The fraction of sp³-hybridized carbons (Fsp3) is 0.600. The van der Waals surface area contributed by atoms with Gasteiger partial charge in [-0.2, -0.15) is 39.5 Å². The Morgan fingerprint density at radius 3 is 1.97 bits per heavy atom. The molecule has 0 N–H and O–H groups in total. The maximum atomic E-state index is 13.5. The number of rotatable bonds is 5. The predicted molar refractivity (Wildman–Crippen MR) is 99.0 cm³/mol. The van der Waals surface area contributed by atoms with Gasteiger partial charge in [0.1, 0.15) is 5.75 Å². The fourth-order valence-corrected chi connectivity index (χ4v) is 3.38. The van der Waals surface area contributed by atoms with Crippen molar-refractivity contribution in [3.05, 3.63) is 29.3 Å². The molecule has 35 heavy (non-hydrogen) atoms. The Hall–Kier alpha value is -2.71. The minimum Gasteiger partial charge on any atom is -0.426 e. The molecular formula is C20H19F9N2O4. The lowest BCUT2D eigenvalue weighted by Crippen LogP contribution is -2.52. The number of carbonyl (C=O) groups is 2. The normalized spacial score (nSPS) is 18.1. The summed E-state index contributed by atoms with van der Waals surface area (Å²) in [6, 6.07) is 3.18. The zero-order valence-electron chi connectivity index (χ0n) is 17.8. The van der Waals surface area contributed by atoms with Crippen LogP contribution in [0, 0.1) is 5.92 Å². The van der Waals surface area contributed by atoms with Crippen molar-refractivity contribution in [1.29, 1.82) is 0 Å². The molecule has 196 valence electrons. The molecular weight excluding hydrogens is 503 g/mol. The molecule has 1 heterocycles. The van der Waals surface area contributed by atoms with E-state index in [-0.39, 0.29) is 38.3 Å². The van der Waals surface area contributed by atoms with Gasteiger partial charge in [-0.3, -0.25) is 9.69 Å². The van der Waals surface area contributed by atoms with E-state index in [0.29, 0.717) is 17.7 Å². The van der Waals surface area contributed by atoms with Crippen LogP contribution in [0.25, 0.3) is 0 Å². The number of benzene rings is 1. The molecule has 0 spiro atoms. The largest absolute Gasteiger partial charge is 0.434 e. The predicted octanol–water partition coefficient (Wildman–Crippen LogP) is 4.77. The molecule has 1 aromatic carbocycles. The van der Waals surface area contributed by atoms with E-state index in [1.165, 1.54) is 11.0 Å². The van der Waals surface area contributed by atoms with Crippen molar-refractivity contribution in [3.63, 3.8) is 0 Å². The smallest absolute Gasteiger partial charge is 0.426 e. The highest BCUT2D eigenvalue weighted by molar-refractivity contribution is 5.78. The Morgan fingerprint density at radius 2 is 1.49 bits per heavy atom. The van der Waals surface area contributed by atoms with Gasteiger partial charge in [-0.05, 0) is 18.9 Å². The van der Waals surface area contributed by atoms with Crippen LogP contribution in [0.1, 0.15) is 24.0 Å². The third-order valence-corrected chi connectivity index (χ3v) is 5.35. The molecule has 0 aromatic heterocycles. The molecule has 2 aliphatic rings. The van der Waals surface area contributed by atoms with E-state index in [0.717, 1.165) is 12.1 Å². The standard InChI is InChI=1S/C20H19F9N2O4/c21-18(22,23)13-3-1-2-12(14(13)34-15(32)11-4-5-11)10-30-6-8-31(9-7-30)17(33)35-16(19(24,25)26)20(27,28)29/h1-3,11,16H,4-10H2. The maximum absolute atomic E-state index is 13.5. The summed E-state index contributed by atoms with van der Waals surface area (Å²) >= 11 is 0. The van der Waals surface area contributed by atoms with Crippen LogP contribution < -0.4 is 4.74 Å². The molecule has 1 aromatic rings. The second kappa shape index (κ2) is 9.74. The van der Waals surface area contributed by atoms with Gasteiger partial charge >= 0.3 is 30.6 Å². The average Bonchev–Trinajstić information content (AvgIpc) is 3.56. The lowest BCUT2D eigenvalue weighted by Gasteiger charge is -2.35. The topological polar surface area (TPSA) is 59.1 Å². The number of piperazine rings is 1. The summed E-state index contributed by atoms with van der Waals surface area (Å²) in [5.41, 5.74) is -1.14. The number of carbonyl (C=O) groups excluding carboxylic acids is 2. The molecule has 1 amide bonds. The second-order valence-electron chi connectivity index (χ2n) is 8.10. The maximum Gasteiger partial charge on any atom is 0.434 e. The van der Waals surface area contributed by atoms with Crippen LogP contribution in [0.3, 0.4) is 0 Å². The van der Waals surface area contributed by atoms with Gasteiger partial charge in [-0.15, -0.1) is 0 Å². The van der Waals surface area contributed by atoms with Gasteiger partial charge in [0, 0.05) is 38.3 Å². The molecule has 1 saturated carbocycles. The highest BCUT2D eigenvalue weighted by atomic mass is 19.4. The Bertz CT molecular complexity index is 920. The monoisotopic (exact) mass is 522 g/mol. The molecule has 0 atom stereocenters. The number of alkyl halides is 9. The van der Waals surface area contributed by atoms with Gasteiger partial charge in [0.2, 0.25) is 0 Å². The van der Waals surface area contributed by atoms with E-state index in [4.69, 9.17) is 4.74 Å². The lowest BCUT2D eigenvalue weighted by molar-refractivity contribution is -0.308. The Labute approximate surface area is 192 Å². The van der Waals surface area contributed by atoms with E-state index in [1.54, 1.807) is 0 Å². The van der Waals surface area contributed by atoms with Crippen molar-refractivity contribution in [2.45, 2.75) is 44.0 Å². The first kappa shape index (κ1) is 26.9. The molecule has 2 fully saturated rings. The average molecular weight is 522 g/mol. The van der Waals surface area contributed by atoms with Gasteiger partial charge in [0.25, 0.3) is 6.10 Å². The van der Waals surface area contributed by atoms with Crippen molar-refractivity contribution >= 4 is 12.1 Å². The number of amides is 1. The second-order valence-corrected chi connectivity index (χ2v) is 8.10. The van der Waals surface area contributed by atoms with E-state index < -0.39 is 53.9 Å². The Morgan fingerprint density at radius 1 is 0.914 bits per heavy atom. The SMILES string of the molecule is O=C(Oc1c(CN2CCN(C(=O)OC(C(F)(F)F)C(F)(F)F)CC2)cccc1C(F)(F)F)C1CC1. The summed E-state index contributed by atoms with van der Waals surface area (Å²) in [5, 5.41) is 0. The van der Waals surface area contributed by atoms with Crippen molar-refractivity contribution < 1.29 is 58.6 Å². The van der Waals surface area contributed by atoms with Gasteiger partial charge in [0.05, 0.1) is 11.5 Å². The van der Waals surface area contributed by atoms with Crippen molar-refractivity contribution in [3.8, 4) is 5.75 Å². The number of esters is 1. The zero-order chi connectivity index (χ0) is 26.2. The van der Waals surface area contributed by atoms with E-state index in [2.05, 4.69) is 4.74 Å². The van der Waals surface area contributed by atoms with E-state index >= 15 is 0 Å². The van der Waals surface area contributed by atoms with Crippen LogP contribution in [-0.4, -0.2) is 66.5 Å². The van der Waals surface area contributed by atoms with Crippen LogP contribution in [-0.2, 0) is 22.3 Å². The first-order valence-electron chi connectivity index (χ1n) is 10.3. The quantitative estimate of drug-likeness (QED) is 0.317. The van der Waals surface area contributed by atoms with Crippen LogP contribution in [0.4, 0.5) is 44.3 Å². The third-order valence-electron chi connectivity index (χ3n) is 5.35. The first-order chi connectivity index (χ1) is 16.1. The molecule has 0 radical (unpaired) electrons. The minimum absolute atomic E-state index is 0.0130. The number of hydrogen-bond donors (Lipinski definition) is 0. The molecule has 1 saturated heterocycles. The van der Waals surface area contributed by atoms with Crippen LogP contribution in [0.5, 0.6) is 5.75 Å². The molecule has 1 aliphatic heterocycles. The molecule has 0 unspecified atom stereocenters. The summed E-state index contributed by atoms with van der Waals surface area (Å²) < 4.78 is 125. The minimum atomic E-state index is -5.85. The lowest BCUT2D eigenvalue weighted by atomic mass is 10.1. The number of hydrogen-bond acceptors (Lipinski definition) is 5. The van der Waals surface area contributed by atoms with Crippen molar-refractivity contribution in [2.24, 2.45) is 5.92 Å². The van der Waals surface area contributed by atoms with Crippen LogP contribution in [0.15, 0.2) is 18.2 Å². The summed E-state index contributed by atoms with van der Waals surface area (Å²) in [4.78, 5) is 26.0. The first-order valence-corrected chi connectivity index (χ1v) is 10.3. The summed E-state index contributed by atoms with van der Waals surface area (Å²) in [6.07, 6.45) is -21.6. The van der Waals surface area contributed by atoms with Gasteiger partial charge in [-0.25, -0.2) is 4.79 Å². The van der Waals surface area contributed by atoms with E-state index in [1.807, 2.05) is 0 Å². The zero-order valence-corrected chi connectivity index (χ0v) is 17.8. The molecule has 15 heteroatoms. The number of para-hydroxylation sites is 1. The van der Waals surface area contributed by atoms with Crippen molar-refractivity contribution in [1.82, 2.24) is 9.80 Å². The van der Waals surface area contributed by atoms with Crippen LogP contribution in [0.2, 0.25) is 0 Å². The van der Waals surface area contributed by atoms with E-state index in [9.17, 15) is 49.1 Å². The number of halogens is 9. The van der Waals surface area contributed by atoms with Crippen molar-refractivity contribution in [2.75, 3.05) is 26.2 Å². The summed E-state index contributed by atoms with van der Waals surface area (Å²) in [7, 11) is 0. The summed E-state index contributed by atoms with van der Waals surface area (Å²) in [5.74, 6) is -1.92. The third kappa shape index (κ3) is 6.92. The summed E-state index contributed by atoms with van der Waals surface area (Å²) in [6.45, 7) is -1.03. The molecule has 0 bridgehead atoms.